The highest BCUT2D eigenvalue weighted by Crippen LogP contribution is 2.23. The number of unbranched alkanes of at least 4 members (excludes halogenated alkanes) is 1. The van der Waals surface area contributed by atoms with E-state index in [-0.39, 0.29) is 0 Å². The van der Waals surface area contributed by atoms with Crippen LogP contribution in [0, 0.1) is 0 Å². The molecule has 58 valence electrons. The van der Waals surface area contributed by atoms with Gasteiger partial charge in [-0.05, 0) is 24.0 Å². The quantitative estimate of drug-likeness (QED) is 0.457. The van der Waals surface area contributed by atoms with Gasteiger partial charge in [-0.15, -0.1) is 4.52 Å². The maximum Gasteiger partial charge on any atom is 0.540 e. The van der Waals surface area contributed by atoms with E-state index < -0.39 is 8.03 Å². The third kappa shape index (κ3) is 5.93. The van der Waals surface area contributed by atoms with Crippen molar-refractivity contribution in [1.29, 1.82) is 0 Å². The van der Waals surface area contributed by atoms with E-state index >= 15 is 0 Å². The Morgan fingerprint density at radius 1 is 1.60 bits per heavy atom. The number of rotatable bonds is 5. The minimum absolute atomic E-state index is 0.607. The molecule has 0 saturated heterocycles. The molecule has 0 bridgehead atoms. The molecule has 2 nitrogen and oxygen atoms in total. The fourth-order valence-electron chi connectivity index (χ4n) is 0.464. The van der Waals surface area contributed by atoms with E-state index in [1.165, 1.54) is 0 Å². The highest BCUT2D eigenvalue weighted by Gasteiger charge is 2.09. The van der Waals surface area contributed by atoms with E-state index in [1.807, 2.05) is 6.92 Å². The lowest BCUT2D eigenvalue weighted by Crippen LogP contribution is -1.82. The molecule has 0 spiro atoms. The lowest BCUT2D eigenvalue weighted by molar-refractivity contribution is 0.326. The molecule has 0 radical (unpaired) electrons. The molecule has 0 aromatic rings. The van der Waals surface area contributed by atoms with Gasteiger partial charge in [0.2, 0.25) is 0 Å². The molecule has 1 unspecified atom stereocenters. The van der Waals surface area contributed by atoms with E-state index in [1.54, 1.807) is 11.9 Å². The van der Waals surface area contributed by atoms with Gasteiger partial charge < -0.3 is 0 Å². The molecule has 0 saturated carbocycles. The Bertz CT molecular complexity index is 121. The Morgan fingerprint density at radius 2 is 2.30 bits per heavy atom. The van der Waals surface area contributed by atoms with Crippen LogP contribution in [0.4, 0.5) is 0 Å². The average molecular weight is 161 g/mol. The van der Waals surface area contributed by atoms with Crippen molar-refractivity contribution in [1.82, 2.24) is 0 Å². The van der Waals surface area contributed by atoms with Crippen LogP contribution in [0.1, 0.15) is 26.7 Å². The van der Waals surface area contributed by atoms with Crippen molar-refractivity contribution in [2.75, 3.05) is 6.61 Å². The van der Waals surface area contributed by atoms with Crippen molar-refractivity contribution < 1.29 is 9.09 Å². The van der Waals surface area contributed by atoms with Gasteiger partial charge in [0.25, 0.3) is 0 Å². The van der Waals surface area contributed by atoms with Crippen LogP contribution in [0.2, 0.25) is 0 Å². The fraction of sp³-hybridized carbons (Fsp3) is 0.714. The van der Waals surface area contributed by atoms with Gasteiger partial charge >= 0.3 is 8.03 Å². The third-order valence-corrected chi connectivity index (χ3v) is 1.97. The van der Waals surface area contributed by atoms with Crippen molar-refractivity contribution in [3.63, 3.8) is 0 Å². The van der Waals surface area contributed by atoms with Gasteiger partial charge in [-0.25, -0.2) is 0 Å². The molecule has 10 heavy (non-hydrogen) atoms. The molecule has 0 fully saturated rings. The molecule has 3 heteroatoms. The average Bonchev–Trinajstić information content (AvgIpc) is 1.89. The number of hydrogen-bond acceptors (Lipinski definition) is 2. The minimum Gasteiger partial charge on any atom is -0.142 e. The van der Waals surface area contributed by atoms with E-state index in [0.717, 1.165) is 12.8 Å². The van der Waals surface area contributed by atoms with E-state index in [2.05, 4.69) is 6.92 Å². The Balaban J connectivity index is 3.22. The molecule has 0 aliphatic rings. The Labute approximate surface area is 63.1 Å². The summed E-state index contributed by atoms with van der Waals surface area (Å²) in [4.78, 5) is 0. The third-order valence-electron chi connectivity index (χ3n) is 0.987. The summed E-state index contributed by atoms with van der Waals surface area (Å²) in [5.74, 6) is 1.57. The van der Waals surface area contributed by atoms with Crippen LogP contribution < -0.4 is 0 Å². The standard InChI is InChI=1S/C7H14O2P/c1-3-5-6-9-10(8)7-4-2/h4,7H,3,5-6H2,1-2H3/q+1. The second-order valence-corrected chi connectivity index (χ2v) is 3.08. The molecular formula is C7H14O2P+. The SMILES string of the molecule is CC=C[P+](=O)OCCCC. The van der Waals surface area contributed by atoms with Crippen molar-refractivity contribution in [3.05, 3.63) is 11.9 Å². The summed E-state index contributed by atoms with van der Waals surface area (Å²) in [5.41, 5.74) is 0. The summed E-state index contributed by atoms with van der Waals surface area (Å²) >= 11 is 0. The van der Waals surface area contributed by atoms with Gasteiger partial charge in [-0.3, -0.25) is 0 Å². The topological polar surface area (TPSA) is 26.3 Å². The lowest BCUT2D eigenvalue weighted by Gasteiger charge is -1.85. The molecule has 0 aromatic heterocycles. The summed E-state index contributed by atoms with van der Waals surface area (Å²) in [6.07, 6.45) is 3.81. The van der Waals surface area contributed by atoms with Crippen molar-refractivity contribution in [2.24, 2.45) is 0 Å². The zero-order chi connectivity index (χ0) is 7.82. The summed E-state index contributed by atoms with van der Waals surface area (Å²) in [6, 6.07) is 0. The normalized spacial score (nSPS) is 12.4. The van der Waals surface area contributed by atoms with Crippen molar-refractivity contribution in [3.8, 4) is 0 Å². The first-order valence-electron chi connectivity index (χ1n) is 3.53. The maximum atomic E-state index is 10.8. The highest BCUT2D eigenvalue weighted by atomic mass is 31.1. The minimum atomic E-state index is -1.52. The first kappa shape index (κ1) is 9.80. The number of hydrogen-bond donors (Lipinski definition) is 0. The molecule has 1 atom stereocenters. The summed E-state index contributed by atoms with van der Waals surface area (Å²) < 4.78 is 15.7. The Morgan fingerprint density at radius 3 is 2.80 bits per heavy atom. The smallest absolute Gasteiger partial charge is 0.142 e. The molecule has 0 rings (SSSR count). The molecule has 0 aromatic carbocycles. The summed E-state index contributed by atoms with van der Waals surface area (Å²) in [7, 11) is -1.52. The molecule has 0 aliphatic heterocycles. The number of allylic oxidation sites excluding steroid dienone is 1. The predicted octanol–water partition coefficient (Wildman–Crippen LogP) is 3.08. The second kappa shape index (κ2) is 6.91. The second-order valence-electron chi connectivity index (χ2n) is 1.95. The van der Waals surface area contributed by atoms with Crippen LogP contribution in [0.25, 0.3) is 0 Å². The molecule has 0 heterocycles. The first-order valence-corrected chi connectivity index (χ1v) is 4.78. The van der Waals surface area contributed by atoms with Gasteiger partial charge in [0.05, 0.1) is 0 Å². The van der Waals surface area contributed by atoms with Gasteiger partial charge in [0.1, 0.15) is 6.61 Å². The van der Waals surface area contributed by atoms with Gasteiger partial charge in [0.15, 0.2) is 5.82 Å². The highest BCUT2D eigenvalue weighted by molar-refractivity contribution is 7.42. The van der Waals surface area contributed by atoms with E-state index in [4.69, 9.17) is 4.52 Å². The van der Waals surface area contributed by atoms with Crippen LogP contribution in [0.5, 0.6) is 0 Å². The predicted molar refractivity (Wildman–Crippen MR) is 43.3 cm³/mol. The Hall–Kier alpha value is -0.200. The molecule has 0 amide bonds. The van der Waals surface area contributed by atoms with Crippen LogP contribution in [0.3, 0.4) is 0 Å². The first-order chi connectivity index (χ1) is 4.81. The molecule has 0 N–H and O–H groups in total. The molecule has 0 aliphatic carbocycles. The van der Waals surface area contributed by atoms with E-state index in [9.17, 15) is 4.57 Å². The van der Waals surface area contributed by atoms with Gasteiger partial charge in [0, 0.05) is 0 Å². The van der Waals surface area contributed by atoms with Crippen LogP contribution in [-0.2, 0) is 9.09 Å². The lowest BCUT2D eigenvalue weighted by atomic mass is 10.4. The van der Waals surface area contributed by atoms with E-state index in [0.29, 0.717) is 6.61 Å². The zero-order valence-corrected chi connectivity index (χ0v) is 7.43. The monoisotopic (exact) mass is 161 g/mol. The van der Waals surface area contributed by atoms with Crippen LogP contribution >= 0.6 is 8.03 Å². The summed E-state index contributed by atoms with van der Waals surface area (Å²) in [5, 5.41) is 0. The summed E-state index contributed by atoms with van der Waals surface area (Å²) in [6.45, 7) is 4.51. The van der Waals surface area contributed by atoms with Crippen LogP contribution in [0.15, 0.2) is 11.9 Å². The molecular weight excluding hydrogens is 147 g/mol. The van der Waals surface area contributed by atoms with Gasteiger partial charge in [-0.2, -0.15) is 0 Å². The maximum absolute atomic E-state index is 10.8. The Kier molecular flexibility index (Phi) is 6.78. The zero-order valence-electron chi connectivity index (χ0n) is 6.54. The largest absolute Gasteiger partial charge is 0.540 e. The van der Waals surface area contributed by atoms with Crippen molar-refractivity contribution >= 4 is 8.03 Å². The van der Waals surface area contributed by atoms with Gasteiger partial charge in [-0.1, -0.05) is 13.3 Å². The van der Waals surface area contributed by atoms with Crippen molar-refractivity contribution in [2.45, 2.75) is 26.7 Å². The van der Waals surface area contributed by atoms with Crippen LogP contribution in [-0.4, -0.2) is 6.61 Å². The fourth-order valence-corrected chi connectivity index (χ4v) is 1.10.